The number of anilines is 1. The van der Waals surface area contributed by atoms with Crippen LogP contribution in [-0.4, -0.2) is 43.5 Å². The van der Waals surface area contributed by atoms with Gasteiger partial charge in [-0.05, 0) is 31.2 Å². The van der Waals surface area contributed by atoms with Gasteiger partial charge >= 0.3 is 0 Å². The topological polar surface area (TPSA) is 68.2 Å². The van der Waals surface area contributed by atoms with Crippen LogP contribution in [0.25, 0.3) is 0 Å². The van der Waals surface area contributed by atoms with Gasteiger partial charge < -0.3 is 10.6 Å². The van der Waals surface area contributed by atoms with E-state index in [1.165, 1.54) is 16.9 Å². The zero-order valence-electron chi connectivity index (χ0n) is 12.1. The molecule has 0 bridgehead atoms. The molecule has 2 aliphatic rings. The minimum atomic E-state index is -0.00741. The van der Waals surface area contributed by atoms with E-state index in [2.05, 4.69) is 21.6 Å². The first-order valence-electron chi connectivity index (χ1n) is 7.55. The Morgan fingerprint density at radius 2 is 2.10 bits per heavy atom. The van der Waals surface area contributed by atoms with Crippen molar-refractivity contribution >= 4 is 22.2 Å². The highest BCUT2D eigenvalue weighted by Crippen LogP contribution is 2.37. The molecule has 1 amide bonds. The van der Waals surface area contributed by atoms with E-state index in [1.54, 1.807) is 11.3 Å². The molecule has 1 fully saturated rings. The molecule has 0 saturated carbocycles. The van der Waals surface area contributed by atoms with Gasteiger partial charge in [-0.1, -0.05) is 0 Å². The molecule has 6 heteroatoms. The van der Waals surface area contributed by atoms with Crippen molar-refractivity contribution in [1.82, 2.24) is 10.2 Å². The average Bonchev–Trinajstić information content (AvgIpc) is 2.85. The Morgan fingerprint density at radius 3 is 2.86 bits per heavy atom. The summed E-state index contributed by atoms with van der Waals surface area (Å²) in [7, 11) is 0. The minimum absolute atomic E-state index is 0.00741. The van der Waals surface area contributed by atoms with Gasteiger partial charge in [0.15, 0.2) is 0 Å². The quantitative estimate of drug-likeness (QED) is 0.884. The van der Waals surface area contributed by atoms with E-state index >= 15 is 0 Å². The molecule has 5 nitrogen and oxygen atoms in total. The maximum atomic E-state index is 12.2. The van der Waals surface area contributed by atoms with Gasteiger partial charge in [-0.3, -0.25) is 9.69 Å². The normalized spacial score (nSPS) is 18.8. The Balaban J connectivity index is 1.68. The number of aryl methyl sites for hydroxylation is 1. The summed E-state index contributed by atoms with van der Waals surface area (Å²) in [6.45, 7) is 4.09. The Labute approximate surface area is 128 Å². The van der Waals surface area contributed by atoms with E-state index in [9.17, 15) is 10.1 Å². The van der Waals surface area contributed by atoms with Crippen LogP contribution in [0.4, 0.5) is 5.00 Å². The second-order valence-electron chi connectivity index (χ2n) is 5.60. The van der Waals surface area contributed by atoms with Crippen molar-refractivity contribution in [2.24, 2.45) is 0 Å². The van der Waals surface area contributed by atoms with Crippen LogP contribution in [0.5, 0.6) is 0 Å². The molecule has 0 unspecified atom stereocenters. The number of hydrogen-bond acceptors (Lipinski definition) is 5. The maximum absolute atomic E-state index is 12.2. The number of nitrogens with one attached hydrogen (secondary N) is 2. The van der Waals surface area contributed by atoms with Crippen LogP contribution in [0.2, 0.25) is 0 Å². The smallest absolute Gasteiger partial charge is 0.239 e. The number of rotatable bonds is 3. The lowest BCUT2D eigenvalue weighted by molar-refractivity contribution is -0.117. The maximum Gasteiger partial charge on any atom is 0.239 e. The third-order valence-corrected chi connectivity index (χ3v) is 5.32. The largest absolute Gasteiger partial charge is 0.315 e. The average molecular weight is 304 g/mol. The number of amides is 1. The van der Waals surface area contributed by atoms with Gasteiger partial charge in [0, 0.05) is 31.1 Å². The highest BCUT2D eigenvalue weighted by Gasteiger charge is 2.22. The summed E-state index contributed by atoms with van der Waals surface area (Å²) in [6, 6.07) is 2.28. The van der Waals surface area contributed by atoms with Crippen LogP contribution in [0.15, 0.2) is 0 Å². The second kappa shape index (κ2) is 6.56. The number of nitriles is 1. The lowest BCUT2D eigenvalue weighted by Crippen LogP contribution is -2.46. The summed E-state index contributed by atoms with van der Waals surface area (Å²) >= 11 is 1.59. The van der Waals surface area contributed by atoms with E-state index in [-0.39, 0.29) is 5.91 Å². The molecule has 21 heavy (non-hydrogen) atoms. The molecule has 2 heterocycles. The molecule has 0 spiro atoms. The Bertz CT molecular complexity index is 569. The molecule has 2 N–H and O–H groups in total. The van der Waals surface area contributed by atoms with Crippen molar-refractivity contribution in [3.63, 3.8) is 0 Å². The van der Waals surface area contributed by atoms with Gasteiger partial charge in [-0.2, -0.15) is 5.26 Å². The molecular formula is C15H20N4OS. The molecule has 1 saturated heterocycles. The fourth-order valence-electron chi connectivity index (χ4n) is 3.01. The molecule has 0 atom stereocenters. The second-order valence-corrected chi connectivity index (χ2v) is 6.71. The standard InChI is InChI=1S/C15H20N4OS/c16-9-12-11-3-1-2-4-13(11)21-15(12)18-14(20)10-19-7-5-17-6-8-19/h17H,1-8,10H2,(H,18,20). The highest BCUT2D eigenvalue weighted by molar-refractivity contribution is 7.16. The van der Waals surface area contributed by atoms with Gasteiger partial charge in [-0.25, -0.2) is 0 Å². The summed E-state index contributed by atoms with van der Waals surface area (Å²) in [4.78, 5) is 15.6. The van der Waals surface area contributed by atoms with E-state index in [1.807, 2.05) is 0 Å². The van der Waals surface area contributed by atoms with Gasteiger partial charge in [0.1, 0.15) is 11.1 Å². The number of thiophene rings is 1. The number of fused-ring (bicyclic) bond motifs is 1. The van der Waals surface area contributed by atoms with Crippen molar-refractivity contribution in [2.75, 3.05) is 38.0 Å². The SMILES string of the molecule is N#Cc1c(NC(=O)CN2CCNCC2)sc2c1CCCC2. The summed E-state index contributed by atoms with van der Waals surface area (Å²) in [6.07, 6.45) is 4.35. The Hall–Kier alpha value is -1.42. The Morgan fingerprint density at radius 1 is 1.33 bits per heavy atom. The number of carbonyl (C=O) groups is 1. The van der Waals surface area contributed by atoms with Crippen LogP contribution in [0.1, 0.15) is 28.8 Å². The van der Waals surface area contributed by atoms with Crippen molar-refractivity contribution in [2.45, 2.75) is 25.7 Å². The molecular weight excluding hydrogens is 284 g/mol. The molecule has 1 aromatic heterocycles. The minimum Gasteiger partial charge on any atom is -0.315 e. The fraction of sp³-hybridized carbons (Fsp3) is 0.600. The Kier molecular flexibility index (Phi) is 4.54. The summed E-state index contributed by atoms with van der Waals surface area (Å²) < 4.78 is 0. The van der Waals surface area contributed by atoms with Crippen LogP contribution < -0.4 is 10.6 Å². The van der Waals surface area contributed by atoms with E-state index in [0.717, 1.165) is 50.4 Å². The fourth-order valence-corrected chi connectivity index (χ4v) is 4.27. The predicted molar refractivity (Wildman–Crippen MR) is 83.6 cm³/mol. The third kappa shape index (κ3) is 3.26. The molecule has 0 radical (unpaired) electrons. The molecule has 1 aromatic rings. The molecule has 112 valence electrons. The lowest BCUT2D eigenvalue weighted by atomic mass is 9.96. The highest BCUT2D eigenvalue weighted by atomic mass is 32.1. The lowest BCUT2D eigenvalue weighted by Gasteiger charge is -2.26. The molecule has 0 aromatic carbocycles. The zero-order valence-corrected chi connectivity index (χ0v) is 12.9. The molecule has 1 aliphatic heterocycles. The van der Waals surface area contributed by atoms with Gasteiger partial charge in [0.2, 0.25) is 5.91 Å². The summed E-state index contributed by atoms with van der Waals surface area (Å²) in [5.41, 5.74) is 1.87. The van der Waals surface area contributed by atoms with Crippen LogP contribution in [0, 0.1) is 11.3 Å². The van der Waals surface area contributed by atoms with E-state index in [4.69, 9.17) is 0 Å². The van der Waals surface area contributed by atoms with E-state index < -0.39 is 0 Å². The number of carbonyl (C=O) groups excluding carboxylic acids is 1. The van der Waals surface area contributed by atoms with Crippen molar-refractivity contribution in [3.05, 3.63) is 16.0 Å². The third-order valence-electron chi connectivity index (χ3n) is 4.11. The van der Waals surface area contributed by atoms with E-state index in [0.29, 0.717) is 12.1 Å². The zero-order chi connectivity index (χ0) is 14.7. The molecule has 3 rings (SSSR count). The van der Waals surface area contributed by atoms with Crippen molar-refractivity contribution in [1.29, 1.82) is 5.26 Å². The van der Waals surface area contributed by atoms with Crippen molar-refractivity contribution < 1.29 is 4.79 Å². The van der Waals surface area contributed by atoms with Gasteiger partial charge in [0.25, 0.3) is 0 Å². The summed E-state index contributed by atoms with van der Waals surface area (Å²) in [5.74, 6) is -0.00741. The van der Waals surface area contributed by atoms with Crippen LogP contribution in [0.3, 0.4) is 0 Å². The number of nitrogens with zero attached hydrogens (tertiary/aromatic N) is 2. The first kappa shape index (κ1) is 14.5. The first-order valence-corrected chi connectivity index (χ1v) is 8.37. The monoisotopic (exact) mass is 304 g/mol. The van der Waals surface area contributed by atoms with Gasteiger partial charge in [-0.15, -0.1) is 11.3 Å². The van der Waals surface area contributed by atoms with Gasteiger partial charge in [0.05, 0.1) is 12.1 Å². The predicted octanol–water partition coefficient (Wildman–Crippen LogP) is 1.34. The number of piperazine rings is 1. The van der Waals surface area contributed by atoms with Crippen LogP contribution in [-0.2, 0) is 17.6 Å². The van der Waals surface area contributed by atoms with Crippen molar-refractivity contribution in [3.8, 4) is 6.07 Å². The van der Waals surface area contributed by atoms with Crippen LogP contribution >= 0.6 is 11.3 Å². The summed E-state index contributed by atoms with van der Waals surface area (Å²) in [5, 5.41) is 16.4. The molecule has 1 aliphatic carbocycles. The first-order chi connectivity index (χ1) is 10.3. The number of hydrogen-bond donors (Lipinski definition) is 2.